The number of carbonyl (C=O) groups excluding carboxylic acids is 1. The molecule has 4 N–H and O–H groups in total. The Morgan fingerprint density at radius 2 is 2.05 bits per heavy atom. The molecule has 0 saturated heterocycles. The Morgan fingerprint density at radius 1 is 1.38 bits per heavy atom. The molecule has 21 heavy (non-hydrogen) atoms. The third kappa shape index (κ3) is 7.08. The maximum atomic E-state index is 11.9. The van der Waals surface area contributed by atoms with Crippen LogP contribution in [-0.2, 0) is 16.0 Å². The van der Waals surface area contributed by atoms with Crippen molar-refractivity contribution in [2.45, 2.75) is 12.5 Å². The maximum Gasteiger partial charge on any atom is 0.237 e. The van der Waals surface area contributed by atoms with Crippen LogP contribution in [0.3, 0.4) is 0 Å². The number of hydrogen-bond acceptors (Lipinski definition) is 5. The standard InChI is InChI=1S/C15H25N3O3/c1-18(9-10-21-2)8-7-17-15(20)14(16)11-12-3-5-13(19)6-4-12/h3-6,14,19H,7-11,16H2,1-2H3,(H,17,20)/t14-/m1/s1. The molecule has 0 spiro atoms. The summed E-state index contributed by atoms with van der Waals surface area (Å²) in [6.07, 6.45) is 0.450. The van der Waals surface area contributed by atoms with Crippen LogP contribution < -0.4 is 11.1 Å². The summed E-state index contributed by atoms with van der Waals surface area (Å²) in [5.41, 5.74) is 6.80. The fraction of sp³-hybridized carbons (Fsp3) is 0.533. The van der Waals surface area contributed by atoms with Gasteiger partial charge in [-0.3, -0.25) is 4.79 Å². The molecule has 0 heterocycles. The third-order valence-corrected chi connectivity index (χ3v) is 3.20. The smallest absolute Gasteiger partial charge is 0.237 e. The molecule has 0 aliphatic rings. The molecule has 0 radical (unpaired) electrons. The number of nitrogens with one attached hydrogen (secondary N) is 1. The van der Waals surface area contributed by atoms with Gasteiger partial charge in [-0.15, -0.1) is 0 Å². The van der Waals surface area contributed by atoms with Gasteiger partial charge in [-0.05, 0) is 31.2 Å². The number of methoxy groups -OCH3 is 1. The first kappa shape index (κ1) is 17.4. The maximum absolute atomic E-state index is 11.9. The van der Waals surface area contributed by atoms with Crippen LogP contribution >= 0.6 is 0 Å². The van der Waals surface area contributed by atoms with Gasteiger partial charge in [0.2, 0.25) is 5.91 Å². The van der Waals surface area contributed by atoms with E-state index < -0.39 is 6.04 Å². The second-order valence-electron chi connectivity index (χ2n) is 5.06. The Morgan fingerprint density at radius 3 is 2.67 bits per heavy atom. The summed E-state index contributed by atoms with van der Waals surface area (Å²) < 4.78 is 4.99. The second-order valence-corrected chi connectivity index (χ2v) is 5.06. The minimum atomic E-state index is -0.584. The number of nitrogens with two attached hydrogens (primary N) is 1. The Bertz CT molecular complexity index is 423. The molecule has 0 fully saturated rings. The highest BCUT2D eigenvalue weighted by atomic mass is 16.5. The van der Waals surface area contributed by atoms with Gasteiger partial charge in [0.1, 0.15) is 5.75 Å². The van der Waals surface area contributed by atoms with E-state index in [0.29, 0.717) is 19.6 Å². The molecule has 0 saturated carbocycles. The zero-order valence-electron chi connectivity index (χ0n) is 12.7. The molecule has 0 bridgehead atoms. The summed E-state index contributed by atoms with van der Waals surface area (Å²) in [6, 6.07) is 6.12. The zero-order valence-corrected chi connectivity index (χ0v) is 12.7. The molecule has 1 aromatic carbocycles. The highest BCUT2D eigenvalue weighted by molar-refractivity contribution is 5.81. The van der Waals surface area contributed by atoms with Crippen molar-refractivity contribution >= 4 is 5.91 Å². The first-order chi connectivity index (χ1) is 10.0. The van der Waals surface area contributed by atoms with Crippen LogP contribution in [0.25, 0.3) is 0 Å². The highest BCUT2D eigenvalue weighted by Gasteiger charge is 2.13. The van der Waals surface area contributed by atoms with Gasteiger partial charge in [-0.25, -0.2) is 0 Å². The number of phenols is 1. The van der Waals surface area contributed by atoms with E-state index in [2.05, 4.69) is 10.2 Å². The van der Waals surface area contributed by atoms with E-state index in [1.54, 1.807) is 31.4 Å². The molecule has 0 unspecified atom stereocenters. The van der Waals surface area contributed by atoms with Crippen LogP contribution in [0.1, 0.15) is 5.56 Å². The number of amides is 1. The topological polar surface area (TPSA) is 87.8 Å². The predicted octanol–water partition coefficient (Wildman–Crippen LogP) is -0.0436. The van der Waals surface area contributed by atoms with Crippen LogP contribution in [0.5, 0.6) is 5.75 Å². The summed E-state index contributed by atoms with van der Waals surface area (Å²) in [5, 5.41) is 12.0. The lowest BCUT2D eigenvalue weighted by atomic mass is 10.1. The van der Waals surface area contributed by atoms with Crippen molar-refractivity contribution in [2.75, 3.05) is 40.4 Å². The van der Waals surface area contributed by atoms with E-state index in [4.69, 9.17) is 10.5 Å². The number of rotatable bonds is 9. The normalized spacial score (nSPS) is 12.4. The molecule has 0 aliphatic heterocycles. The fourth-order valence-corrected chi connectivity index (χ4v) is 1.84. The van der Waals surface area contributed by atoms with Crippen molar-refractivity contribution in [1.29, 1.82) is 0 Å². The number of carbonyl (C=O) groups is 1. The molecule has 6 nitrogen and oxygen atoms in total. The summed E-state index contributed by atoms with van der Waals surface area (Å²) >= 11 is 0. The van der Waals surface area contributed by atoms with Crippen molar-refractivity contribution < 1.29 is 14.6 Å². The van der Waals surface area contributed by atoms with E-state index in [1.807, 2.05) is 7.05 Å². The Labute approximate surface area is 125 Å². The molecule has 6 heteroatoms. The predicted molar refractivity (Wildman–Crippen MR) is 82.2 cm³/mol. The molecule has 1 atom stereocenters. The van der Waals surface area contributed by atoms with Crippen molar-refractivity contribution in [1.82, 2.24) is 10.2 Å². The number of ether oxygens (including phenoxy) is 1. The molecule has 0 aromatic heterocycles. The van der Waals surface area contributed by atoms with Gasteiger partial charge < -0.3 is 25.8 Å². The van der Waals surface area contributed by atoms with Gasteiger partial charge in [-0.1, -0.05) is 12.1 Å². The Kier molecular flexibility index (Phi) is 7.74. The highest BCUT2D eigenvalue weighted by Crippen LogP contribution is 2.10. The summed E-state index contributed by atoms with van der Waals surface area (Å²) in [7, 11) is 3.64. The quantitative estimate of drug-likeness (QED) is 0.595. The second kappa shape index (κ2) is 9.33. The van der Waals surface area contributed by atoms with Crippen molar-refractivity contribution in [3.8, 4) is 5.75 Å². The zero-order chi connectivity index (χ0) is 15.7. The minimum Gasteiger partial charge on any atom is -0.508 e. The molecule has 1 amide bonds. The van der Waals surface area contributed by atoms with E-state index in [9.17, 15) is 9.90 Å². The number of nitrogens with zero attached hydrogens (tertiary/aromatic N) is 1. The first-order valence-electron chi connectivity index (χ1n) is 7.01. The number of benzene rings is 1. The van der Waals surface area contributed by atoms with Crippen molar-refractivity contribution in [3.63, 3.8) is 0 Å². The summed E-state index contributed by atoms with van der Waals surface area (Å²) in [4.78, 5) is 14.0. The number of aromatic hydroxyl groups is 1. The fourth-order valence-electron chi connectivity index (χ4n) is 1.84. The van der Waals surface area contributed by atoms with Crippen molar-refractivity contribution in [3.05, 3.63) is 29.8 Å². The van der Waals surface area contributed by atoms with E-state index >= 15 is 0 Å². The largest absolute Gasteiger partial charge is 0.508 e. The van der Waals surface area contributed by atoms with Crippen LogP contribution in [0, 0.1) is 0 Å². The average Bonchev–Trinajstić information content (AvgIpc) is 2.47. The number of hydrogen-bond donors (Lipinski definition) is 3. The SMILES string of the molecule is COCCN(C)CCNC(=O)[C@H](N)Cc1ccc(O)cc1. The van der Waals surface area contributed by atoms with Gasteiger partial charge in [0.25, 0.3) is 0 Å². The van der Waals surface area contributed by atoms with E-state index in [-0.39, 0.29) is 11.7 Å². The minimum absolute atomic E-state index is 0.164. The average molecular weight is 295 g/mol. The Balaban J connectivity index is 2.26. The van der Waals surface area contributed by atoms with Crippen LogP contribution in [-0.4, -0.2) is 62.4 Å². The van der Waals surface area contributed by atoms with Crippen LogP contribution in [0.15, 0.2) is 24.3 Å². The molecular weight excluding hydrogens is 270 g/mol. The first-order valence-corrected chi connectivity index (χ1v) is 7.01. The van der Waals surface area contributed by atoms with Gasteiger partial charge in [0.15, 0.2) is 0 Å². The molecule has 1 aromatic rings. The molecule has 1 rings (SSSR count). The monoisotopic (exact) mass is 295 g/mol. The summed E-state index contributed by atoms with van der Waals surface area (Å²) in [6.45, 7) is 2.81. The van der Waals surface area contributed by atoms with E-state index in [1.165, 1.54) is 0 Å². The van der Waals surface area contributed by atoms with Gasteiger partial charge >= 0.3 is 0 Å². The van der Waals surface area contributed by atoms with Crippen LogP contribution in [0.4, 0.5) is 0 Å². The summed E-state index contributed by atoms with van der Waals surface area (Å²) in [5.74, 6) is 0.0408. The van der Waals surface area contributed by atoms with Gasteiger partial charge in [0, 0.05) is 26.7 Å². The van der Waals surface area contributed by atoms with Gasteiger partial charge in [-0.2, -0.15) is 0 Å². The van der Waals surface area contributed by atoms with Crippen molar-refractivity contribution in [2.24, 2.45) is 5.73 Å². The lowest BCUT2D eigenvalue weighted by molar-refractivity contribution is -0.122. The molecule has 118 valence electrons. The molecule has 0 aliphatic carbocycles. The number of phenolic OH excluding ortho intramolecular Hbond substituents is 1. The lowest BCUT2D eigenvalue weighted by Crippen LogP contribution is -2.44. The number of likely N-dealkylation sites (N-methyl/N-ethyl adjacent to an activating group) is 1. The Hall–Kier alpha value is -1.63. The third-order valence-electron chi connectivity index (χ3n) is 3.20. The molecular formula is C15H25N3O3. The van der Waals surface area contributed by atoms with Gasteiger partial charge in [0.05, 0.1) is 12.6 Å². The van der Waals surface area contributed by atoms with E-state index in [0.717, 1.165) is 18.7 Å². The lowest BCUT2D eigenvalue weighted by Gasteiger charge is -2.17. The van der Waals surface area contributed by atoms with Crippen LogP contribution in [0.2, 0.25) is 0 Å².